The zero-order valence-electron chi connectivity index (χ0n) is 2.23. The van der Waals surface area contributed by atoms with Crippen molar-refractivity contribution in [3.05, 3.63) is 0 Å². The average Bonchev–Trinajstić information content (AvgIpc) is 0. The van der Waals surface area contributed by atoms with Gasteiger partial charge in [-0.05, 0) is 0 Å². The van der Waals surface area contributed by atoms with Crippen LogP contribution in [0.2, 0.25) is 0 Å². The second-order valence-corrected chi connectivity index (χ2v) is 0. The van der Waals surface area contributed by atoms with Gasteiger partial charge in [-0.2, -0.15) is 0 Å². The minimum Gasteiger partial charge on any atom is 0 e. The molecule has 0 fully saturated rings. The minimum atomic E-state index is 0. The second kappa shape index (κ2) is 18.0. The molecule has 0 unspecified atom stereocenters. The summed E-state index contributed by atoms with van der Waals surface area (Å²) in [6.45, 7) is 0. The van der Waals surface area contributed by atoms with Crippen molar-refractivity contribution in [2.45, 2.75) is 0 Å². The minimum absolute atomic E-state index is 0. The molecule has 0 aliphatic rings. The predicted octanol–water partition coefficient (Wildman–Crippen LogP) is 0.0971. The molecule has 0 aliphatic carbocycles. The zero-order chi connectivity index (χ0) is 0. The van der Waals surface area contributed by atoms with E-state index in [0.29, 0.717) is 0 Å². The van der Waals surface area contributed by atoms with E-state index in [0.717, 1.165) is 0 Å². The Hall–Kier alpha value is 2.44. The molecule has 0 nitrogen and oxygen atoms in total. The predicted molar refractivity (Wildman–Crippen MR) is 18.4 cm³/mol. The Balaban J connectivity index is 0. The van der Waals surface area contributed by atoms with E-state index in [4.69, 9.17) is 0 Å². The van der Waals surface area contributed by atoms with Crippen LogP contribution < -0.4 is 0 Å². The van der Waals surface area contributed by atoms with Crippen molar-refractivity contribution in [2.75, 3.05) is 0 Å². The van der Waals surface area contributed by atoms with Crippen LogP contribution in [0.5, 0.6) is 0 Å². The molecule has 10 radical (unpaired) electrons. The van der Waals surface area contributed by atoms with Gasteiger partial charge in [-0.3, -0.25) is 0 Å². The maximum atomic E-state index is 0. The Morgan fingerprint density at radius 3 is 1.00 bits per heavy atom. The van der Waals surface area contributed by atoms with Gasteiger partial charge in [0, 0.05) is 74.0 Å². The van der Waals surface area contributed by atoms with Gasteiger partial charge in [0.25, 0.3) is 0 Å². The fourth-order valence-corrected chi connectivity index (χ4v) is 0. The summed E-state index contributed by atoms with van der Waals surface area (Å²) in [5.41, 5.74) is 0. The molecule has 0 saturated heterocycles. The molecule has 4 heavy (non-hydrogen) atoms. The van der Waals surface area contributed by atoms with Gasteiger partial charge in [0.05, 0.1) is 0 Å². The third kappa shape index (κ3) is 8.83. The topological polar surface area (TPSA) is 0 Å². The van der Waals surface area contributed by atoms with Crippen molar-refractivity contribution in [1.82, 2.24) is 0 Å². The SMILES string of the molecule is [Cd].[In].[P].[Si]. The first-order valence-corrected chi connectivity index (χ1v) is 0. The third-order valence-corrected chi connectivity index (χ3v) is 0. The van der Waals surface area contributed by atoms with Gasteiger partial charge >= 0.3 is 0 Å². The Kier molecular flexibility index (Phi) is 144. The summed E-state index contributed by atoms with van der Waals surface area (Å²) in [4.78, 5) is 0. The van der Waals surface area contributed by atoms with E-state index in [9.17, 15) is 0 Å². The molecule has 0 amide bonds. The van der Waals surface area contributed by atoms with Gasteiger partial charge in [-0.1, -0.05) is 0 Å². The molecule has 0 aromatic heterocycles. The van der Waals surface area contributed by atoms with Gasteiger partial charge in [-0.25, -0.2) is 0 Å². The van der Waals surface area contributed by atoms with Crippen molar-refractivity contribution in [3.8, 4) is 0 Å². The molecule has 0 aromatic rings. The van der Waals surface area contributed by atoms with Gasteiger partial charge in [-0.15, -0.1) is 0 Å². The summed E-state index contributed by atoms with van der Waals surface area (Å²) in [5, 5.41) is 0. The molecule has 14 valence electrons. The maximum absolute atomic E-state index is 0. The summed E-state index contributed by atoms with van der Waals surface area (Å²) in [7, 11) is 0. The van der Waals surface area contributed by atoms with Crippen molar-refractivity contribution in [1.29, 1.82) is 0 Å². The number of rotatable bonds is 0. The van der Waals surface area contributed by atoms with Gasteiger partial charge in [0.15, 0.2) is 0 Å². The fraction of sp³-hybridized carbons (Fsp3) is 0. The van der Waals surface area contributed by atoms with E-state index >= 15 is 0 Å². The average molecular weight is 286 g/mol. The first kappa shape index (κ1) is 32.0. The molecule has 4 heteroatoms. The van der Waals surface area contributed by atoms with Gasteiger partial charge in [0.1, 0.15) is 0 Å². The Bertz CT molecular complexity index is 8.00. The van der Waals surface area contributed by atoms with Crippen molar-refractivity contribution in [2.24, 2.45) is 0 Å². The van der Waals surface area contributed by atoms with E-state index in [2.05, 4.69) is 0 Å². The largest absolute Gasteiger partial charge is 0 e. The van der Waals surface area contributed by atoms with Crippen LogP contribution in [0.4, 0.5) is 0 Å². The number of hydrogen-bond donors (Lipinski definition) is 0. The Morgan fingerprint density at radius 2 is 1.00 bits per heavy atom. The summed E-state index contributed by atoms with van der Waals surface area (Å²) >= 11 is 0. The van der Waals surface area contributed by atoms with Gasteiger partial charge < -0.3 is 0 Å². The summed E-state index contributed by atoms with van der Waals surface area (Å²) < 4.78 is 0. The van der Waals surface area contributed by atoms with Crippen LogP contribution in [0.1, 0.15) is 0 Å². The van der Waals surface area contributed by atoms with Gasteiger partial charge in [0.2, 0.25) is 0 Å². The molecule has 0 N–H and O–H groups in total. The van der Waals surface area contributed by atoms with Crippen molar-refractivity contribution < 1.29 is 27.3 Å². The summed E-state index contributed by atoms with van der Waals surface area (Å²) in [5.74, 6) is 0. The standard InChI is InChI=1S/Cd.In.P.Si. The van der Waals surface area contributed by atoms with E-state index in [-0.39, 0.29) is 74.0 Å². The van der Waals surface area contributed by atoms with E-state index < -0.39 is 0 Å². The second-order valence-electron chi connectivity index (χ2n) is 0. The molecule has 0 saturated carbocycles. The molecular formula is CdInPSi. The molecule has 0 rings (SSSR count). The molecule has 0 heterocycles. The van der Waals surface area contributed by atoms with Crippen molar-refractivity contribution >= 4 is 46.7 Å². The van der Waals surface area contributed by atoms with Crippen molar-refractivity contribution in [3.63, 3.8) is 0 Å². The quantitative estimate of drug-likeness (QED) is 0.438. The smallest absolute Gasteiger partial charge is 0 e. The van der Waals surface area contributed by atoms with Crippen LogP contribution in [0.3, 0.4) is 0 Å². The molecule has 0 spiro atoms. The zero-order valence-corrected chi connectivity index (χ0v) is 11.5. The molecule has 0 aromatic carbocycles. The van der Waals surface area contributed by atoms with Crippen LogP contribution in [0.15, 0.2) is 0 Å². The fourth-order valence-electron chi connectivity index (χ4n) is 0. The first-order chi connectivity index (χ1) is 0. The number of hydrogen-bond acceptors (Lipinski definition) is 0. The van der Waals surface area contributed by atoms with E-state index in [1.165, 1.54) is 0 Å². The maximum Gasteiger partial charge on any atom is 0 e. The normalized spacial score (nSPS) is 0. The van der Waals surface area contributed by atoms with Crippen LogP contribution in [0.25, 0.3) is 0 Å². The van der Waals surface area contributed by atoms with Crippen LogP contribution in [-0.4, -0.2) is 36.8 Å². The first-order valence-electron chi connectivity index (χ1n) is 0. The monoisotopic (exact) mass is 288 g/mol. The van der Waals surface area contributed by atoms with Crippen LogP contribution in [0, 0.1) is 0 Å². The third-order valence-electron chi connectivity index (χ3n) is 0. The summed E-state index contributed by atoms with van der Waals surface area (Å²) in [6, 6.07) is 0. The molecule has 0 aliphatic heterocycles. The summed E-state index contributed by atoms with van der Waals surface area (Å²) in [6.07, 6.45) is 0. The molecule has 0 bridgehead atoms. The van der Waals surface area contributed by atoms with E-state index in [1.807, 2.05) is 0 Å². The Morgan fingerprint density at radius 1 is 1.00 bits per heavy atom. The molecular weight excluding hydrogens is 286 g/mol. The van der Waals surface area contributed by atoms with E-state index in [1.54, 1.807) is 0 Å². The molecule has 0 atom stereocenters. The Labute approximate surface area is 73.1 Å². The van der Waals surface area contributed by atoms with Crippen LogP contribution >= 0.6 is 9.90 Å². The van der Waals surface area contributed by atoms with Crippen LogP contribution in [-0.2, 0) is 27.3 Å².